The summed E-state index contributed by atoms with van der Waals surface area (Å²) in [6.45, 7) is 0. The first kappa shape index (κ1) is 17.3. The average Bonchev–Trinajstić information content (AvgIpc) is 3.17. The minimum absolute atomic E-state index is 0.0483. The van der Waals surface area contributed by atoms with Gasteiger partial charge in [0.2, 0.25) is 5.88 Å². The van der Waals surface area contributed by atoms with Gasteiger partial charge < -0.3 is 31.2 Å². The molecular weight excluding hydrogens is 352 g/mol. The van der Waals surface area contributed by atoms with Crippen LogP contribution in [-0.2, 0) is 4.79 Å². The van der Waals surface area contributed by atoms with Crippen LogP contribution < -0.4 is 10.6 Å². The van der Waals surface area contributed by atoms with E-state index >= 15 is 0 Å². The van der Waals surface area contributed by atoms with E-state index < -0.39 is 17.7 Å². The zero-order chi connectivity index (χ0) is 18.1. The first-order valence-corrected chi connectivity index (χ1v) is 8.74. The molecule has 2 fully saturated rings. The second kappa shape index (κ2) is 6.75. The van der Waals surface area contributed by atoms with E-state index in [4.69, 9.17) is 0 Å². The summed E-state index contributed by atoms with van der Waals surface area (Å²) in [6, 6.07) is 0.957. The van der Waals surface area contributed by atoms with Gasteiger partial charge in [-0.2, -0.15) is 11.8 Å². The smallest absolute Gasteiger partial charge is 0.350 e. The number of carboxylic acid groups (broad SMARTS) is 1. The Morgan fingerprint density at radius 2 is 2.16 bits per heavy atom. The second-order valence-electron chi connectivity index (χ2n) is 5.90. The number of aliphatic carboxylic acids is 1. The predicted octanol–water partition coefficient (Wildman–Crippen LogP) is 0.629. The molecular formula is C14H18N4O6S. The highest BCUT2D eigenvalue weighted by atomic mass is 32.2. The lowest BCUT2D eigenvalue weighted by Crippen LogP contribution is -2.36. The molecule has 2 amide bonds. The molecule has 6 N–H and O–H groups in total. The fourth-order valence-electron chi connectivity index (χ4n) is 3.02. The average molecular weight is 370 g/mol. The number of nitrogens with zero attached hydrogens (tertiary/aromatic N) is 2. The zero-order valence-corrected chi connectivity index (χ0v) is 13.9. The topological polar surface area (TPSA) is 156 Å². The molecule has 3 atom stereocenters. The van der Waals surface area contributed by atoms with Crippen molar-refractivity contribution in [2.45, 2.75) is 36.6 Å². The van der Waals surface area contributed by atoms with Gasteiger partial charge in [-0.25, -0.2) is 14.6 Å². The van der Waals surface area contributed by atoms with Crippen LogP contribution in [0, 0.1) is 0 Å². The number of aliphatic imine (C=N–C) groups is 1. The summed E-state index contributed by atoms with van der Waals surface area (Å²) in [4.78, 5) is 26.5. The van der Waals surface area contributed by atoms with Crippen molar-refractivity contribution in [1.29, 1.82) is 0 Å². The van der Waals surface area contributed by atoms with Crippen molar-refractivity contribution < 1.29 is 30.1 Å². The normalized spacial score (nSPS) is 25.5. The highest BCUT2D eigenvalue weighted by molar-refractivity contribution is 8.00. The van der Waals surface area contributed by atoms with E-state index in [1.165, 1.54) is 0 Å². The van der Waals surface area contributed by atoms with Gasteiger partial charge >= 0.3 is 12.0 Å². The number of aromatic nitrogens is 1. The van der Waals surface area contributed by atoms with Crippen LogP contribution in [0.4, 0.5) is 10.5 Å². The largest absolute Gasteiger partial charge is 0.492 e. The minimum Gasteiger partial charge on any atom is -0.492 e. The maximum Gasteiger partial charge on any atom is 0.350 e. The van der Waals surface area contributed by atoms with Gasteiger partial charge in [0.15, 0.2) is 0 Å². The van der Waals surface area contributed by atoms with Crippen molar-refractivity contribution in [1.82, 2.24) is 15.4 Å². The van der Waals surface area contributed by atoms with Crippen LogP contribution in [0.15, 0.2) is 11.1 Å². The number of carbonyl (C=O) groups excluding carboxylic acids is 1. The van der Waals surface area contributed by atoms with Crippen molar-refractivity contribution in [3.8, 4) is 11.8 Å². The number of urea groups is 1. The number of carbonyl (C=O) groups is 2. The third-order valence-electron chi connectivity index (χ3n) is 4.26. The van der Waals surface area contributed by atoms with Crippen LogP contribution in [0.3, 0.4) is 0 Å². The van der Waals surface area contributed by atoms with Gasteiger partial charge in [0.05, 0.1) is 12.1 Å². The lowest BCUT2D eigenvalue weighted by molar-refractivity contribution is -0.129. The molecule has 0 saturated carbocycles. The lowest BCUT2D eigenvalue weighted by atomic mass is 10.0. The van der Waals surface area contributed by atoms with E-state index in [2.05, 4.69) is 15.6 Å². The molecule has 2 aliphatic heterocycles. The first-order chi connectivity index (χ1) is 11.9. The molecule has 0 radical (unpaired) electrons. The highest BCUT2D eigenvalue weighted by Gasteiger charge is 2.42. The summed E-state index contributed by atoms with van der Waals surface area (Å²) >= 11 is 1.73. The second-order valence-corrected chi connectivity index (χ2v) is 7.17. The molecule has 2 aliphatic rings. The summed E-state index contributed by atoms with van der Waals surface area (Å²) in [6.07, 6.45) is 1.40. The number of carboxylic acids is 1. The van der Waals surface area contributed by atoms with Crippen molar-refractivity contribution in [3.05, 3.63) is 6.07 Å². The molecule has 0 aromatic carbocycles. The molecule has 0 bridgehead atoms. The fraction of sp³-hybridized carbons (Fsp3) is 0.500. The monoisotopic (exact) mass is 370 g/mol. The highest BCUT2D eigenvalue weighted by Crippen LogP contribution is 2.35. The Hall–Kier alpha value is -2.56. The lowest BCUT2D eigenvalue weighted by Gasteiger charge is -2.16. The van der Waals surface area contributed by atoms with Crippen LogP contribution in [-0.4, -0.2) is 66.1 Å². The van der Waals surface area contributed by atoms with Gasteiger partial charge in [-0.3, -0.25) is 0 Å². The maximum absolute atomic E-state index is 11.3. The van der Waals surface area contributed by atoms with Gasteiger partial charge in [0.1, 0.15) is 11.4 Å². The van der Waals surface area contributed by atoms with Crippen LogP contribution in [0.5, 0.6) is 11.8 Å². The van der Waals surface area contributed by atoms with Crippen molar-refractivity contribution in [3.63, 3.8) is 0 Å². The quantitative estimate of drug-likeness (QED) is 0.243. The minimum atomic E-state index is -1.24. The van der Waals surface area contributed by atoms with Crippen molar-refractivity contribution in [2.75, 3.05) is 5.75 Å². The number of hydrogen-bond donors (Lipinski definition) is 6. The van der Waals surface area contributed by atoms with E-state index in [-0.39, 0.29) is 45.9 Å². The van der Waals surface area contributed by atoms with E-state index in [0.717, 1.165) is 11.8 Å². The van der Waals surface area contributed by atoms with E-state index in [1.54, 1.807) is 11.8 Å². The number of hydrogen-bond acceptors (Lipinski definition) is 7. The van der Waals surface area contributed by atoms with Crippen LogP contribution in [0.2, 0.25) is 0 Å². The Morgan fingerprint density at radius 1 is 1.40 bits per heavy atom. The molecule has 0 spiro atoms. The molecule has 3 rings (SSSR count). The molecule has 3 heterocycles. The molecule has 1 aromatic rings. The number of thioether (sulfide) groups is 1. The summed E-state index contributed by atoms with van der Waals surface area (Å²) < 4.78 is 0.114. The Morgan fingerprint density at radius 3 is 2.80 bits per heavy atom. The molecule has 0 unspecified atom stereocenters. The maximum atomic E-state index is 11.3. The number of rotatable bonds is 6. The molecule has 11 heteroatoms. The van der Waals surface area contributed by atoms with Gasteiger partial charge in [-0.05, 0) is 19.3 Å². The van der Waals surface area contributed by atoms with Crippen molar-refractivity contribution in [2.24, 2.45) is 4.99 Å². The number of aromatic hydroxyl groups is 2. The number of nitrogens with one attached hydrogen (secondary N) is 2. The third-order valence-corrected chi connectivity index (χ3v) is 5.76. The van der Waals surface area contributed by atoms with E-state index in [1.807, 2.05) is 0 Å². The Balaban J connectivity index is 1.61. The van der Waals surface area contributed by atoms with E-state index in [9.17, 15) is 30.1 Å². The van der Waals surface area contributed by atoms with E-state index in [0.29, 0.717) is 12.8 Å². The summed E-state index contributed by atoms with van der Waals surface area (Å²) in [5.74, 6) is -1.79. The molecule has 2 saturated heterocycles. The predicted molar refractivity (Wildman–Crippen MR) is 89.0 cm³/mol. The Bertz CT molecular complexity index is 733. The standard InChI is InChI=1S/C14H18N4O6S/c19-10-4-7(12(20)18(10)24)15-6(13(21)22)2-1-3-9-11-8(5-25-9)16-14(23)17-11/h4,8-9,11,19-20,24H,1-3,5H2,(H,21,22)(H2,16,17,23)/t8-,9-,11-/m0/s1. The van der Waals surface area contributed by atoms with Gasteiger partial charge in [0.25, 0.3) is 5.88 Å². The molecule has 136 valence electrons. The Labute approximate surface area is 146 Å². The SMILES string of the molecule is O=C1N[C@H]2[C@H](CS[C@H]2CCCC(=Nc2cc(O)n(O)c2O)C(=O)O)N1. The van der Waals surface area contributed by atoms with Gasteiger partial charge in [-0.15, -0.1) is 4.73 Å². The van der Waals surface area contributed by atoms with Crippen LogP contribution in [0.25, 0.3) is 0 Å². The number of amides is 2. The molecule has 10 nitrogen and oxygen atoms in total. The molecule has 25 heavy (non-hydrogen) atoms. The van der Waals surface area contributed by atoms with Crippen LogP contribution >= 0.6 is 11.8 Å². The first-order valence-electron chi connectivity index (χ1n) is 7.69. The van der Waals surface area contributed by atoms with Gasteiger partial charge in [-0.1, -0.05) is 0 Å². The zero-order valence-electron chi connectivity index (χ0n) is 13.0. The number of fused-ring (bicyclic) bond motifs is 1. The summed E-state index contributed by atoms with van der Waals surface area (Å²) in [7, 11) is 0. The molecule has 1 aromatic heterocycles. The molecule has 0 aliphatic carbocycles. The van der Waals surface area contributed by atoms with Crippen LogP contribution in [0.1, 0.15) is 19.3 Å². The van der Waals surface area contributed by atoms with Gasteiger partial charge in [0, 0.05) is 17.1 Å². The fourth-order valence-corrected chi connectivity index (χ4v) is 4.56. The summed E-state index contributed by atoms with van der Waals surface area (Å²) in [5, 5.41) is 43.3. The third kappa shape index (κ3) is 3.45. The Kier molecular flexibility index (Phi) is 4.66. The van der Waals surface area contributed by atoms with Crippen molar-refractivity contribution >= 4 is 35.2 Å². The summed E-state index contributed by atoms with van der Waals surface area (Å²) in [5.41, 5.74) is -0.408.